The van der Waals surface area contributed by atoms with E-state index in [2.05, 4.69) is 9.72 Å². The first-order valence-electron chi connectivity index (χ1n) is 6.01. The first-order chi connectivity index (χ1) is 9.70. The van der Waals surface area contributed by atoms with E-state index in [4.69, 9.17) is 0 Å². The summed E-state index contributed by atoms with van der Waals surface area (Å²) >= 11 is 0. The van der Waals surface area contributed by atoms with Gasteiger partial charge in [0.05, 0.1) is 30.0 Å². The molecular formula is C15H11FN2O2. The molecule has 100 valence electrons. The average molecular weight is 270 g/mol. The average Bonchev–Trinajstić information content (AvgIpc) is 2.90. The van der Waals surface area contributed by atoms with Crippen molar-refractivity contribution in [2.45, 2.75) is 0 Å². The number of methoxy groups -OCH3 is 1. The zero-order chi connectivity index (χ0) is 14.1. The van der Waals surface area contributed by atoms with E-state index in [0.717, 1.165) is 0 Å². The Morgan fingerprint density at radius 2 is 2.10 bits per heavy atom. The molecule has 20 heavy (non-hydrogen) atoms. The van der Waals surface area contributed by atoms with Gasteiger partial charge in [0.15, 0.2) is 0 Å². The molecule has 0 saturated heterocycles. The Bertz CT molecular complexity index is 795. The van der Waals surface area contributed by atoms with Crippen LogP contribution in [-0.4, -0.2) is 22.5 Å². The summed E-state index contributed by atoms with van der Waals surface area (Å²) in [7, 11) is 1.33. The van der Waals surface area contributed by atoms with Gasteiger partial charge >= 0.3 is 5.97 Å². The molecule has 0 saturated carbocycles. The first-order valence-corrected chi connectivity index (χ1v) is 6.01. The SMILES string of the molecule is COC(=O)c1ccn2c(-c3ccccc3F)ncc2c1. The lowest BCUT2D eigenvalue weighted by molar-refractivity contribution is 0.0600. The number of halogens is 1. The number of ether oxygens (including phenoxy) is 1. The van der Waals surface area contributed by atoms with Crippen molar-refractivity contribution < 1.29 is 13.9 Å². The molecule has 0 N–H and O–H groups in total. The van der Waals surface area contributed by atoms with Gasteiger partial charge in [-0.15, -0.1) is 0 Å². The summed E-state index contributed by atoms with van der Waals surface area (Å²) in [5.41, 5.74) is 1.55. The Morgan fingerprint density at radius 3 is 2.85 bits per heavy atom. The summed E-state index contributed by atoms with van der Waals surface area (Å²) in [6.45, 7) is 0. The molecule has 0 spiro atoms. The van der Waals surface area contributed by atoms with Crippen molar-refractivity contribution in [3.8, 4) is 11.4 Å². The van der Waals surface area contributed by atoms with Crippen molar-refractivity contribution >= 4 is 11.5 Å². The summed E-state index contributed by atoms with van der Waals surface area (Å²) in [5.74, 6) is -0.257. The highest BCUT2D eigenvalue weighted by Gasteiger charge is 2.12. The third-order valence-electron chi connectivity index (χ3n) is 3.07. The van der Waals surface area contributed by atoms with Crippen LogP contribution in [0.2, 0.25) is 0 Å². The third-order valence-corrected chi connectivity index (χ3v) is 3.07. The zero-order valence-corrected chi connectivity index (χ0v) is 10.7. The van der Waals surface area contributed by atoms with E-state index in [-0.39, 0.29) is 5.82 Å². The lowest BCUT2D eigenvalue weighted by Crippen LogP contribution is -2.02. The number of esters is 1. The van der Waals surface area contributed by atoms with Crippen LogP contribution < -0.4 is 0 Å². The number of hydrogen-bond donors (Lipinski definition) is 0. The molecule has 0 unspecified atom stereocenters. The predicted molar refractivity (Wildman–Crippen MR) is 71.9 cm³/mol. The Labute approximate surface area is 114 Å². The number of fused-ring (bicyclic) bond motifs is 1. The number of carbonyl (C=O) groups excluding carboxylic acids is 1. The number of imidazole rings is 1. The molecule has 1 aromatic carbocycles. The minimum Gasteiger partial charge on any atom is -0.465 e. The lowest BCUT2D eigenvalue weighted by Gasteiger charge is -2.04. The molecule has 5 heteroatoms. The van der Waals surface area contributed by atoms with Gasteiger partial charge in [-0.3, -0.25) is 4.40 Å². The highest BCUT2D eigenvalue weighted by atomic mass is 19.1. The Hall–Kier alpha value is -2.69. The highest BCUT2D eigenvalue weighted by molar-refractivity contribution is 5.90. The minimum atomic E-state index is -0.416. The molecule has 3 rings (SSSR count). The number of pyridine rings is 1. The summed E-state index contributed by atoms with van der Waals surface area (Å²) in [6.07, 6.45) is 3.27. The molecule has 4 nitrogen and oxygen atoms in total. The molecule has 0 radical (unpaired) electrons. The maximum absolute atomic E-state index is 13.8. The Kier molecular flexibility index (Phi) is 2.95. The second-order valence-electron chi connectivity index (χ2n) is 4.26. The van der Waals surface area contributed by atoms with Gasteiger partial charge in [-0.2, -0.15) is 0 Å². The Morgan fingerprint density at radius 1 is 1.30 bits per heavy atom. The van der Waals surface area contributed by atoms with Crippen molar-refractivity contribution in [2.24, 2.45) is 0 Å². The second kappa shape index (κ2) is 4.77. The molecule has 0 aliphatic rings. The minimum absolute atomic E-state index is 0.336. The summed E-state index contributed by atoms with van der Waals surface area (Å²) < 4.78 is 20.2. The molecule has 0 amide bonds. The molecule has 0 atom stereocenters. The highest BCUT2D eigenvalue weighted by Crippen LogP contribution is 2.23. The Balaban J connectivity index is 2.16. The van der Waals surface area contributed by atoms with Gasteiger partial charge in [0.2, 0.25) is 0 Å². The van der Waals surface area contributed by atoms with E-state index >= 15 is 0 Å². The van der Waals surface area contributed by atoms with E-state index < -0.39 is 5.97 Å². The molecule has 0 aliphatic carbocycles. The fourth-order valence-electron chi connectivity index (χ4n) is 2.09. The maximum Gasteiger partial charge on any atom is 0.337 e. The van der Waals surface area contributed by atoms with Gasteiger partial charge in [0.25, 0.3) is 0 Å². The third kappa shape index (κ3) is 1.93. The first kappa shape index (κ1) is 12.3. The lowest BCUT2D eigenvalue weighted by atomic mass is 10.2. The van der Waals surface area contributed by atoms with Crippen molar-refractivity contribution in [3.63, 3.8) is 0 Å². The van der Waals surface area contributed by atoms with Gasteiger partial charge in [0, 0.05) is 6.20 Å². The summed E-state index contributed by atoms with van der Waals surface area (Å²) in [4.78, 5) is 15.7. The van der Waals surface area contributed by atoms with Crippen molar-refractivity contribution in [3.05, 3.63) is 60.2 Å². The molecule has 0 fully saturated rings. The molecule has 0 bridgehead atoms. The van der Waals surface area contributed by atoms with E-state index in [1.54, 1.807) is 47.1 Å². The van der Waals surface area contributed by atoms with Crippen LogP contribution in [0.15, 0.2) is 48.8 Å². The number of benzene rings is 1. The summed E-state index contributed by atoms with van der Waals surface area (Å²) in [5, 5.41) is 0. The van der Waals surface area contributed by atoms with Gasteiger partial charge < -0.3 is 4.74 Å². The number of rotatable bonds is 2. The zero-order valence-electron chi connectivity index (χ0n) is 10.7. The second-order valence-corrected chi connectivity index (χ2v) is 4.26. The number of nitrogens with zero attached hydrogens (tertiary/aromatic N) is 2. The number of carbonyl (C=O) groups is 1. The fourth-order valence-corrected chi connectivity index (χ4v) is 2.09. The van der Waals surface area contributed by atoms with Crippen molar-refractivity contribution in [1.82, 2.24) is 9.38 Å². The van der Waals surface area contributed by atoms with Gasteiger partial charge in [-0.25, -0.2) is 14.2 Å². The largest absolute Gasteiger partial charge is 0.465 e. The van der Waals surface area contributed by atoms with Crippen LogP contribution in [0.3, 0.4) is 0 Å². The van der Waals surface area contributed by atoms with Crippen LogP contribution >= 0.6 is 0 Å². The molecular weight excluding hydrogens is 259 g/mol. The predicted octanol–water partition coefficient (Wildman–Crippen LogP) is 2.93. The quantitative estimate of drug-likeness (QED) is 0.672. The van der Waals surface area contributed by atoms with Crippen LogP contribution in [0.25, 0.3) is 16.9 Å². The van der Waals surface area contributed by atoms with E-state index in [1.165, 1.54) is 13.2 Å². The molecule has 3 aromatic rings. The van der Waals surface area contributed by atoms with Gasteiger partial charge in [0.1, 0.15) is 11.6 Å². The van der Waals surface area contributed by atoms with Crippen LogP contribution in [-0.2, 0) is 4.74 Å². The summed E-state index contributed by atoms with van der Waals surface area (Å²) in [6, 6.07) is 9.71. The smallest absolute Gasteiger partial charge is 0.337 e. The molecule has 2 aromatic heterocycles. The van der Waals surface area contributed by atoms with Gasteiger partial charge in [-0.05, 0) is 24.3 Å². The topological polar surface area (TPSA) is 43.6 Å². The van der Waals surface area contributed by atoms with E-state index in [0.29, 0.717) is 22.5 Å². The van der Waals surface area contributed by atoms with Crippen molar-refractivity contribution in [2.75, 3.05) is 7.11 Å². The van der Waals surface area contributed by atoms with Crippen LogP contribution in [0.1, 0.15) is 10.4 Å². The fraction of sp³-hybridized carbons (Fsp3) is 0.0667. The van der Waals surface area contributed by atoms with E-state index in [9.17, 15) is 9.18 Å². The molecule has 2 heterocycles. The standard InChI is InChI=1S/C15H11FN2O2/c1-20-15(19)10-6-7-18-11(8-10)9-17-14(18)12-4-2-3-5-13(12)16/h2-9H,1H3. The van der Waals surface area contributed by atoms with Crippen LogP contribution in [0.4, 0.5) is 4.39 Å². The normalized spacial score (nSPS) is 10.7. The van der Waals surface area contributed by atoms with Gasteiger partial charge in [-0.1, -0.05) is 12.1 Å². The van der Waals surface area contributed by atoms with Crippen molar-refractivity contribution in [1.29, 1.82) is 0 Å². The van der Waals surface area contributed by atoms with E-state index in [1.807, 2.05) is 0 Å². The monoisotopic (exact) mass is 270 g/mol. The number of aromatic nitrogens is 2. The molecule has 0 aliphatic heterocycles. The van der Waals surface area contributed by atoms with Crippen LogP contribution in [0.5, 0.6) is 0 Å². The number of hydrogen-bond acceptors (Lipinski definition) is 3. The van der Waals surface area contributed by atoms with Crippen LogP contribution in [0, 0.1) is 5.82 Å². The maximum atomic E-state index is 13.8.